The lowest BCUT2D eigenvalue weighted by Gasteiger charge is -2.15. The number of rotatable bonds is 4. The predicted octanol–water partition coefficient (Wildman–Crippen LogP) is 3.19. The van der Waals surface area contributed by atoms with Crippen LogP contribution in [-0.2, 0) is 10.4 Å². The van der Waals surface area contributed by atoms with Crippen LogP contribution in [-0.4, -0.2) is 27.2 Å². The fourth-order valence-electron chi connectivity index (χ4n) is 2.69. The van der Waals surface area contributed by atoms with Crippen molar-refractivity contribution in [3.05, 3.63) is 42.5 Å². The van der Waals surface area contributed by atoms with Gasteiger partial charge in [0.2, 0.25) is 0 Å². The van der Waals surface area contributed by atoms with E-state index >= 15 is 0 Å². The molecule has 0 heterocycles. The van der Waals surface area contributed by atoms with Gasteiger partial charge in [0.1, 0.15) is 17.2 Å². The molecule has 0 radical (unpaired) electrons. The first-order chi connectivity index (χ1) is 10.9. The summed E-state index contributed by atoms with van der Waals surface area (Å²) >= 11 is 0. The van der Waals surface area contributed by atoms with Crippen molar-refractivity contribution in [3.8, 4) is 17.2 Å². The molecule has 0 bridgehead atoms. The zero-order valence-electron chi connectivity index (χ0n) is 12.4. The van der Waals surface area contributed by atoms with E-state index in [9.17, 15) is 8.42 Å². The van der Waals surface area contributed by atoms with Crippen LogP contribution >= 0.6 is 0 Å². The Bertz CT molecular complexity index is 994. The molecule has 0 atom stereocenters. The molecule has 0 aliphatic rings. The minimum absolute atomic E-state index is 0.0179. The van der Waals surface area contributed by atoms with Crippen molar-refractivity contribution in [2.45, 2.75) is 0 Å². The Morgan fingerprint density at radius 1 is 0.826 bits per heavy atom. The lowest BCUT2D eigenvalue weighted by molar-refractivity contribution is 0.386. The van der Waals surface area contributed by atoms with Crippen LogP contribution in [0.3, 0.4) is 0 Å². The highest BCUT2D eigenvalue weighted by Crippen LogP contribution is 2.43. The van der Waals surface area contributed by atoms with Crippen LogP contribution in [0.1, 0.15) is 0 Å². The van der Waals surface area contributed by atoms with Gasteiger partial charge < -0.3 is 13.7 Å². The lowest BCUT2D eigenvalue weighted by atomic mass is 10.0. The summed E-state index contributed by atoms with van der Waals surface area (Å²) in [6.07, 6.45) is 0. The van der Waals surface area contributed by atoms with E-state index in [0.717, 1.165) is 16.2 Å². The van der Waals surface area contributed by atoms with Crippen LogP contribution in [0.25, 0.3) is 21.5 Å². The second-order valence-corrected chi connectivity index (χ2v) is 5.85. The van der Waals surface area contributed by atoms with Crippen molar-refractivity contribution in [3.63, 3.8) is 0 Å². The Kier molecular flexibility index (Phi) is 3.75. The molecule has 0 saturated heterocycles. The molecule has 3 aromatic carbocycles. The minimum atomic E-state index is -4.60. The van der Waals surface area contributed by atoms with Crippen LogP contribution in [0.15, 0.2) is 42.5 Å². The monoisotopic (exact) mass is 334 g/mol. The fraction of sp³-hybridized carbons (Fsp3) is 0.125. The molecular weight excluding hydrogens is 320 g/mol. The van der Waals surface area contributed by atoms with Gasteiger partial charge in [0.05, 0.1) is 14.2 Å². The van der Waals surface area contributed by atoms with Gasteiger partial charge in [-0.3, -0.25) is 4.55 Å². The van der Waals surface area contributed by atoms with E-state index in [-0.39, 0.29) is 5.75 Å². The molecule has 7 heteroatoms. The van der Waals surface area contributed by atoms with Gasteiger partial charge in [-0.2, -0.15) is 8.42 Å². The zero-order chi connectivity index (χ0) is 16.6. The third kappa shape index (κ3) is 2.76. The van der Waals surface area contributed by atoms with Crippen molar-refractivity contribution >= 4 is 31.9 Å². The zero-order valence-corrected chi connectivity index (χ0v) is 13.3. The van der Waals surface area contributed by atoms with Crippen molar-refractivity contribution in [1.29, 1.82) is 0 Å². The summed E-state index contributed by atoms with van der Waals surface area (Å²) in [5.74, 6) is 1.20. The molecular formula is C16H14O6S. The summed E-state index contributed by atoms with van der Waals surface area (Å²) in [5, 5.41) is 3.06. The van der Waals surface area contributed by atoms with Crippen LogP contribution < -0.4 is 13.7 Å². The first-order valence-corrected chi connectivity index (χ1v) is 8.04. The van der Waals surface area contributed by atoms with Crippen molar-refractivity contribution in [1.82, 2.24) is 0 Å². The highest BCUT2D eigenvalue weighted by molar-refractivity contribution is 7.81. The quantitative estimate of drug-likeness (QED) is 0.583. The van der Waals surface area contributed by atoms with Crippen molar-refractivity contribution in [2.75, 3.05) is 14.2 Å². The Labute approximate surface area is 133 Å². The molecule has 6 nitrogen and oxygen atoms in total. The van der Waals surface area contributed by atoms with Gasteiger partial charge in [0.25, 0.3) is 0 Å². The van der Waals surface area contributed by atoms with Gasteiger partial charge in [0.15, 0.2) is 0 Å². The average molecular weight is 334 g/mol. The summed E-state index contributed by atoms with van der Waals surface area (Å²) in [4.78, 5) is 0. The van der Waals surface area contributed by atoms with Gasteiger partial charge in [-0.05, 0) is 18.2 Å². The van der Waals surface area contributed by atoms with Gasteiger partial charge in [0, 0.05) is 21.5 Å². The summed E-state index contributed by atoms with van der Waals surface area (Å²) in [6.45, 7) is 0. The Morgan fingerprint density at radius 3 is 1.87 bits per heavy atom. The van der Waals surface area contributed by atoms with Crippen LogP contribution in [0.2, 0.25) is 0 Å². The smallest absolute Gasteiger partial charge is 0.446 e. The van der Waals surface area contributed by atoms with E-state index in [4.69, 9.17) is 14.0 Å². The number of hydrogen-bond acceptors (Lipinski definition) is 5. The van der Waals surface area contributed by atoms with Gasteiger partial charge in [-0.25, -0.2) is 0 Å². The van der Waals surface area contributed by atoms with Crippen molar-refractivity contribution < 1.29 is 26.6 Å². The Hall–Kier alpha value is -2.51. The van der Waals surface area contributed by atoms with Crippen LogP contribution in [0.4, 0.5) is 0 Å². The molecule has 0 spiro atoms. The minimum Gasteiger partial charge on any atom is -0.495 e. The SMILES string of the molecule is COc1c2ccccc2c(OC)c2cc(OS(=O)(=O)O)ccc12. The first-order valence-electron chi connectivity index (χ1n) is 6.68. The number of fused-ring (bicyclic) bond motifs is 2. The maximum Gasteiger partial charge on any atom is 0.446 e. The molecule has 3 aromatic rings. The maximum atomic E-state index is 10.9. The Morgan fingerprint density at radius 2 is 1.35 bits per heavy atom. The van der Waals surface area contributed by atoms with Crippen molar-refractivity contribution in [2.24, 2.45) is 0 Å². The van der Waals surface area contributed by atoms with E-state index in [2.05, 4.69) is 4.18 Å². The second-order valence-electron chi connectivity index (χ2n) is 4.83. The van der Waals surface area contributed by atoms with E-state index in [0.29, 0.717) is 16.9 Å². The molecule has 0 amide bonds. The number of hydrogen-bond donors (Lipinski definition) is 1. The fourth-order valence-corrected chi connectivity index (χ4v) is 3.04. The molecule has 23 heavy (non-hydrogen) atoms. The van der Waals surface area contributed by atoms with E-state index < -0.39 is 10.4 Å². The molecule has 0 aliphatic heterocycles. The molecule has 3 rings (SSSR count). The van der Waals surface area contributed by atoms with E-state index in [1.807, 2.05) is 24.3 Å². The number of methoxy groups -OCH3 is 2. The number of ether oxygens (including phenoxy) is 2. The highest BCUT2D eigenvalue weighted by Gasteiger charge is 2.16. The Balaban J connectivity index is 2.40. The summed E-state index contributed by atoms with van der Waals surface area (Å²) < 4.78 is 46.2. The normalized spacial score (nSPS) is 11.6. The molecule has 0 aliphatic carbocycles. The lowest BCUT2D eigenvalue weighted by Crippen LogP contribution is -2.06. The summed E-state index contributed by atoms with van der Waals surface area (Å²) in [7, 11) is -1.50. The van der Waals surface area contributed by atoms with Gasteiger partial charge in [-0.15, -0.1) is 0 Å². The van der Waals surface area contributed by atoms with Crippen LogP contribution in [0, 0.1) is 0 Å². The van der Waals surface area contributed by atoms with Gasteiger partial charge in [-0.1, -0.05) is 24.3 Å². The third-order valence-electron chi connectivity index (χ3n) is 3.51. The molecule has 0 saturated carbocycles. The maximum absolute atomic E-state index is 10.9. The average Bonchev–Trinajstić information content (AvgIpc) is 2.51. The highest BCUT2D eigenvalue weighted by atomic mass is 32.3. The standard InChI is InChI=1S/C16H14O6S/c1-20-15-11-5-3-4-6-12(11)16(21-2)14-9-10(7-8-13(14)15)22-23(17,18)19/h3-9H,1-2H3,(H,17,18,19). The predicted molar refractivity (Wildman–Crippen MR) is 86.7 cm³/mol. The first kappa shape index (κ1) is 15.4. The van der Waals surface area contributed by atoms with Gasteiger partial charge >= 0.3 is 10.4 Å². The third-order valence-corrected chi connectivity index (χ3v) is 3.91. The van der Waals surface area contributed by atoms with E-state index in [1.165, 1.54) is 19.2 Å². The molecule has 120 valence electrons. The number of benzene rings is 3. The molecule has 0 fully saturated rings. The largest absolute Gasteiger partial charge is 0.495 e. The summed E-state index contributed by atoms with van der Waals surface area (Å²) in [6, 6.07) is 12.1. The summed E-state index contributed by atoms with van der Waals surface area (Å²) in [5.41, 5.74) is 0. The molecule has 0 aromatic heterocycles. The van der Waals surface area contributed by atoms with Crippen LogP contribution in [0.5, 0.6) is 17.2 Å². The second kappa shape index (κ2) is 5.60. The topological polar surface area (TPSA) is 82.1 Å². The van der Waals surface area contributed by atoms with E-state index in [1.54, 1.807) is 13.2 Å². The molecule has 0 unspecified atom stereocenters. The molecule has 1 N–H and O–H groups in total.